The van der Waals surface area contributed by atoms with Crippen molar-refractivity contribution in [3.05, 3.63) is 66.7 Å². The van der Waals surface area contributed by atoms with Gasteiger partial charge in [0, 0.05) is 28.6 Å². The Balaban J connectivity index is 0.00000320. The van der Waals surface area contributed by atoms with Gasteiger partial charge in [0.15, 0.2) is 9.84 Å². The van der Waals surface area contributed by atoms with Crippen molar-refractivity contribution < 1.29 is 23.0 Å². The first-order valence-electron chi connectivity index (χ1n) is 12.1. The minimum atomic E-state index is -3.30. The first-order valence-corrected chi connectivity index (χ1v) is 14.8. The van der Waals surface area contributed by atoms with E-state index in [2.05, 4.69) is 4.90 Å². The van der Waals surface area contributed by atoms with Gasteiger partial charge in [-0.15, -0.1) is 23.7 Å². The molecule has 0 amide bonds. The molecule has 5 rings (SSSR count). The molecular formula is C28H30ClNO5S2. The molecule has 9 heteroatoms. The largest absolute Gasteiger partial charge is 0.508 e. The maximum absolute atomic E-state index is 12.0. The molecule has 0 unspecified atom stereocenters. The van der Waals surface area contributed by atoms with Crippen molar-refractivity contribution in [3.8, 4) is 33.4 Å². The minimum absolute atomic E-state index is 0. The molecule has 2 heterocycles. The summed E-state index contributed by atoms with van der Waals surface area (Å²) in [5, 5.41) is 11.6. The smallest absolute Gasteiger partial charge is 0.184 e. The summed E-state index contributed by atoms with van der Waals surface area (Å²) in [6, 6.07) is 19.9. The van der Waals surface area contributed by atoms with E-state index in [4.69, 9.17) is 9.47 Å². The molecule has 0 bridgehead atoms. The molecule has 0 saturated carbocycles. The normalized spacial score (nSPS) is 14.3. The molecular weight excluding hydrogens is 530 g/mol. The van der Waals surface area contributed by atoms with Gasteiger partial charge < -0.3 is 14.6 Å². The standard InChI is InChI=1S/C28H29NO5S2.ClH/c1-36(31,32)27-14-13-26(35-27)25-11-5-20-19-21(30)6-12-24(20)28(25)34-23-9-7-22(8-10-23)33-18-17-29-15-3-2-4-16-29;/h5-14,19,30H,2-4,15-18H2,1H3;1H. The number of benzene rings is 3. The third kappa shape index (κ3) is 6.57. The van der Waals surface area contributed by atoms with Crippen molar-refractivity contribution in [1.29, 1.82) is 0 Å². The van der Waals surface area contributed by atoms with Crippen LogP contribution in [0.3, 0.4) is 0 Å². The topological polar surface area (TPSA) is 76.1 Å². The van der Waals surface area contributed by atoms with Crippen LogP contribution in [0.1, 0.15) is 19.3 Å². The summed E-state index contributed by atoms with van der Waals surface area (Å²) in [7, 11) is -3.30. The summed E-state index contributed by atoms with van der Waals surface area (Å²) in [5.74, 6) is 2.20. The first-order chi connectivity index (χ1) is 17.4. The average molecular weight is 560 g/mol. The Bertz CT molecular complexity index is 1460. The highest BCUT2D eigenvalue weighted by Crippen LogP contribution is 2.43. The quantitative estimate of drug-likeness (QED) is 0.257. The van der Waals surface area contributed by atoms with E-state index in [1.807, 2.05) is 42.5 Å². The van der Waals surface area contributed by atoms with E-state index in [1.165, 1.54) is 36.9 Å². The van der Waals surface area contributed by atoms with E-state index >= 15 is 0 Å². The summed E-state index contributed by atoms with van der Waals surface area (Å²) < 4.78 is 36.7. The number of thiophene rings is 1. The lowest BCUT2D eigenvalue weighted by Crippen LogP contribution is -2.33. The van der Waals surface area contributed by atoms with Crippen LogP contribution in [-0.2, 0) is 9.84 Å². The van der Waals surface area contributed by atoms with E-state index in [0.717, 1.165) is 46.6 Å². The lowest BCUT2D eigenvalue weighted by atomic mass is 10.0. The predicted molar refractivity (Wildman–Crippen MR) is 152 cm³/mol. The van der Waals surface area contributed by atoms with Gasteiger partial charge in [-0.3, -0.25) is 4.90 Å². The molecule has 1 aliphatic heterocycles. The fraction of sp³-hybridized carbons (Fsp3) is 0.286. The Morgan fingerprint density at radius 1 is 0.919 bits per heavy atom. The number of fused-ring (bicyclic) bond motifs is 1. The van der Waals surface area contributed by atoms with Gasteiger partial charge in [-0.05, 0) is 92.0 Å². The number of piperidine rings is 1. The van der Waals surface area contributed by atoms with E-state index in [0.29, 0.717) is 22.3 Å². The van der Waals surface area contributed by atoms with E-state index in [-0.39, 0.29) is 18.2 Å². The second-order valence-electron chi connectivity index (χ2n) is 9.06. The van der Waals surface area contributed by atoms with E-state index in [9.17, 15) is 13.5 Å². The number of phenols is 1. The number of aromatic hydroxyl groups is 1. The van der Waals surface area contributed by atoms with Crippen LogP contribution in [0.2, 0.25) is 0 Å². The molecule has 196 valence electrons. The average Bonchev–Trinajstić information content (AvgIpc) is 3.37. The molecule has 6 nitrogen and oxygen atoms in total. The maximum atomic E-state index is 12.0. The molecule has 1 aliphatic rings. The highest BCUT2D eigenvalue weighted by molar-refractivity contribution is 7.92. The van der Waals surface area contributed by atoms with Crippen LogP contribution in [0.4, 0.5) is 0 Å². The summed E-state index contributed by atoms with van der Waals surface area (Å²) in [5.41, 5.74) is 0.787. The number of halogens is 1. The van der Waals surface area contributed by atoms with Gasteiger partial charge in [-0.25, -0.2) is 8.42 Å². The van der Waals surface area contributed by atoms with Crippen molar-refractivity contribution >= 4 is 44.4 Å². The number of hydrogen-bond donors (Lipinski definition) is 1. The highest BCUT2D eigenvalue weighted by Gasteiger charge is 2.17. The summed E-state index contributed by atoms with van der Waals surface area (Å²) >= 11 is 1.21. The zero-order valence-electron chi connectivity index (χ0n) is 20.6. The van der Waals surface area contributed by atoms with Crippen LogP contribution in [0.5, 0.6) is 23.0 Å². The number of hydrogen-bond acceptors (Lipinski definition) is 7. The molecule has 0 atom stereocenters. The molecule has 0 spiro atoms. The fourth-order valence-corrected chi connectivity index (χ4v) is 6.40. The Hall–Kier alpha value is -2.78. The molecule has 37 heavy (non-hydrogen) atoms. The third-order valence-electron chi connectivity index (χ3n) is 6.33. The molecule has 1 N–H and O–H groups in total. The van der Waals surface area contributed by atoms with Gasteiger partial charge in [-0.1, -0.05) is 12.5 Å². The van der Waals surface area contributed by atoms with Crippen LogP contribution in [0.15, 0.2) is 70.9 Å². The van der Waals surface area contributed by atoms with Crippen LogP contribution in [0.25, 0.3) is 21.2 Å². The fourth-order valence-electron chi connectivity index (χ4n) is 4.45. The number of ether oxygens (including phenoxy) is 2. The van der Waals surface area contributed by atoms with Crippen molar-refractivity contribution in [2.24, 2.45) is 0 Å². The Labute approximate surface area is 227 Å². The van der Waals surface area contributed by atoms with Crippen molar-refractivity contribution in [2.75, 3.05) is 32.5 Å². The SMILES string of the molecule is CS(=O)(=O)c1ccc(-c2ccc3cc(O)ccc3c2Oc2ccc(OCCN3CCCCC3)cc2)s1.Cl. The van der Waals surface area contributed by atoms with E-state index < -0.39 is 9.84 Å². The molecule has 1 fully saturated rings. The van der Waals surface area contributed by atoms with Crippen molar-refractivity contribution in [2.45, 2.75) is 23.5 Å². The number of likely N-dealkylation sites (tertiary alicyclic amines) is 1. The monoisotopic (exact) mass is 559 g/mol. The Morgan fingerprint density at radius 3 is 2.35 bits per heavy atom. The van der Waals surface area contributed by atoms with Gasteiger partial charge in [0.25, 0.3) is 0 Å². The second-order valence-corrected chi connectivity index (χ2v) is 12.4. The van der Waals surface area contributed by atoms with E-state index in [1.54, 1.807) is 24.3 Å². The number of rotatable bonds is 8. The third-order valence-corrected chi connectivity index (χ3v) is 9.27. The lowest BCUT2D eigenvalue weighted by molar-refractivity contribution is 0.183. The predicted octanol–water partition coefficient (Wildman–Crippen LogP) is 6.76. The molecule has 1 aromatic heterocycles. The lowest BCUT2D eigenvalue weighted by Gasteiger charge is -2.26. The van der Waals surface area contributed by atoms with Gasteiger partial charge >= 0.3 is 0 Å². The minimum Gasteiger partial charge on any atom is -0.508 e. The summed E-state index contributed by atoms with van der Waals surface area (Å²) in [6.07, 6.45) is 5.06. The first kappa shape index (κ1) is 27.3. The summed E-state index contributed by atoms with van der Waals surface area (Å²) in [6.45, 7) is 3.88. The Morgan fingerprint density at radius 2 is 1.65 bits per heavy atom. The number of phenolic OH excluding ortho intramolecular Hbond substituents is 1. The van der Waals surface area contributed by atoms with Crippen LogP contribution >= 0.6 is 23.7 Å². The summed E-state index contributed by atoms with van der Waals surface area (Å²) in [4.78, 5) is 3.23. The zero-order chi connectivity index (χ0) is 25.1. The Kier molecular flexibility index (Phi) is 8.64. The van der Waals surface area contributed by atoms with Crippen LogP contribution in [0, 0.1) is 0 Å². The molecule has 0 radical (unpaired) electrons. The van der Waals surface area contributed by atoms with Crippen LogP contribution < -0.4 is 9.47 Å². The van der Waals surface area contributed by atoms with Gasteiger partial charge in [-0.2, -0.15) is 0 Å². The molecule has 3 aromatic carbocycles. The zero-order valence-corrected chi connectivity index (χ0v) is 23.0. The number of sulfone groups is 1. The van der Waals surface area contributed by atoms with Crippen LogP contribution in [-0.4, -0.2) is 50.9 Å². The van der Waals surface area contributed by atoms with Gasteiger partial charge in [0.2, 0.25) is 0 Å². The molecule has 4 aromatic rings. The maximum Gasteiger partial charge on any atom is 0.184 e. The second kappa shape index (κ2) is 11.7. The number of nitrogens with zero attached hydrogens (tertiary/aromatic N) is 1. The van der Waals surface area contributed by atoms with Crippen molar-refractivity contribution in [3.63, 3.8) is 0 Å². The highest BCUT2D eigenvalue weighted by atomic mass is 35.5. The molecule has 0 aliphatic carbocycles. The van der Waals surface area contributed by atoms with Gasteiger partial charge in [0.05, 0.1) is 0 Å². The van der Waals surface area contributed by atoms with Gasteiger partial charge in [0.1, 0.15) is 33.8 Å². The van der Waals surface area contributed by atoms with Crippen molar-refractivity contribution in [1.82, 2.24) is 4.90 Å². The molecule has 1 saturated heterocycles.